The second kappa shape index (κ2) is 8.16. The van der Waals surface area contributed by atoms with Gasteiger partial charge >= 0.3 is 0 Å². The van der Waals surface area contributed by atoms with Gasteiger partial charge < -0.3 is 14.7 Å². The Morgan fingerprint density at radius 2 is 1.77 bits per heavy atom. The molecule has 1 amide bonds. The Labute approximate surface area is 173 Å². The standard InChI is InChI=1S/C23H19N3O4/c1-30-18-6-4-16(5-7-18)20-19(21(27)17-8-11-24-12-9-17)22(28)23(29)26(20)14-15-3-2-10-25-13-15/h2-13,20,27H,14H2,1H3/b21-19+. The number of carbonyl (C=O) groups excluding carboxylic acids is 2. The van der Waals surface area contributed by atoms with Crippen LogP contribution in [0.25, 0.3) is 5.76 Å². The summed E-state index contributed by atoms with van der Waals surface area (Å²) in [6.07, 6.45) is 6.32. The van der Waals surface area contributed by atoms with Crippen molar-refractivity contribution >= 4 is 17.4 Å². The van der Waals surface area contributed by atoms with E-state index in [1.165, 1.54) is 17.3 Å². The first-order valence-electron chi connectivity index (χ1n) is 9.32. The van der Waals surface area contributed by atoms with E-state index >= 15 is 0 Å². The molecule has 1 N–H and O–H groups in total. The number of ketones is 1. The van der Waals surface area contributed by atoms with E-state index in [4.69, 9.17) is 4.74 Å². The molecule has 30 heavy (non-hydrogen) atoms. The highest BCUT2D eigenvalue weighted by Gasteiger charge is 2.46. The van der Waals surface area contributed by atoms with Gasteiger partial charge in [0.05, 0.1) is 18.7 Å². The summed E-state index contributed by atoms with van der Waals surface area (Å²) in [6, 6.07) is 13.1. The average Bonchev–Trinajstić information content (AvgIpc) is 3.05. The zero-order valence-electron chi connectivity index (χ0n) is 16.2. The fourth-order valence-electron chi connectivity index (χ4n) is 3.53. The molecule has 0 bridgehead atoms. The minimum absolute atomic E-state index is 0.0419. The van der Waals surface area contributed by atoms with Crippen LogP contribution < -0.4 is 4.74 Å². The summed E-state index contributed by atoms with van der Waals surface area (Å²) < 4.78 is 5.22. The Morgan fingerprint density at radius 3 is 2.40 bits per heavy atom. The van der Waals surface area contributed by atoms with Gasteiger partial charge in [-0.3, -0.25) is 19.6 Å². The molecule has 2 aromatic heterocycles. The number of Topliss-reactive ketones (excluding diaryl/α,β-unsaturated/α-hetero) is 1. The van der Waals surface area contributed by atoms with Crippen molar-refractivity contribution in [3.05, 3.63) is 95.6 Å². The summed E-state index contributed by atoms with van der Waals surface area (Å²) >= 11 is 0. The predicted molar refractivity (Wildman–Crippen MR) is 109 cm³/mol. The average molecular weight is 401 g/mol. The fourth-order valence-corrected chi connectivity index (χ4v) is 3.53. The number of pyridine rings is 2. The highest BCUT2D eigenvalue weighted by molar-refractivity contribution is 6.46. The van der Waals surface area contributed by atoms with Crippen molar-refractivity contribution in [1.29, 1.82) is 0 Å². The largest absolute Gasteiger partial charge is 0.507 e. The molecule has 1 saturated heterocycles. The number of amides is 1. The number of hydrogen-bond donors (Lipinski definition) is 1. The molecule has 4 rings (SSSR count). The summed E-state index contributed by atoms with van der Waals surface area (Å²) in [6.45, 7) is 0.183. The van der Waals surface area contributed by atoms with Crippen LogP contribution >= 0.6 is 0 Å². The second-order valence-corrected chi connectivity index (χ2v) is 6.80. The van der Waals surface area contributed by atoms with E-state index in [0.717, 1.165) is 5.56 Å². The summed E-state index contributed by atoms with van der Waals surface area (Å²) in [5.41, 5.74) is 1.93. The lowest BCUT2D eigenvalue weighted by Gasteiger charge is -2.25. The van der Waals surface area contributed by atoms with Gasteiger partial charge in [-0.2, -0.15) is 0 Å². The van der Waals surface area contributed by atoms with Crippen molar-refractivity contribution in [2.24, 2.45) is 0 Å². The van der Waals surface area contributed by atoms with Gasteiger partial charge in [-0.25, -0.2) is 0 Å². The molecule has 1 fully saturated rings. The van der Waals surface area contributed by atoms with Crippen LogP contribution in [0.3, 0.4) is 0 Å². The highest BCUT2D eigenvalue weighted by Crippen LogP contribution is 2.40. The maximum Gasteiger partial charge on any atom is 0.295 e. The van der Waals surface area contributed by atoms with E-state index in [2.05, 4.69) is 9.97 Å². The number of hydrogen-bond acceptors (Lipinski definition) is 6. The first kappa shape index (κ1) is 19.3. The molecule has 0 saturated carbocycles. The molecule has 1 atom stereocenters. The van der Waals surface area contributed by atoms with Crippen LogP contribution in [0, 0.1) is 0 Å². The van der Waals surface area contributed by atoms with Gasteiger partial charge in [0.15, 0.2) is 0 Å². The molecule has 1 unspecified atom stereocenters. The number of likely N-dealkylation sites (tertiary alicyclic amines) is 1. The van der Waals surface area contributed by atoms with Gasteiger partial charge in [0.1, 0.15) is 11.5 Å². The summed E-state index contributed by atoms with van der Waals surface area (Å²) in [7, 11) is 1.56. The second-order valence-electron chi connectivity index (χ2n) is 6.80. The quantitative estimate of drug-likeness (QED) is 0.401. The summed E-state index contributed by atoms with van der Waals surface area (Å²) in [5, 5.41) is 10.9. The molecule has 7 nitrogen and oxygen atoms in total. The molecular weight excluding hydrogens is 382 g/mol. The molecular formula is C23H19N3O4. The normalized spacial score (nSPS) is 17.9. The van der Waals surface area contributed by atoms with Crippen LogP contribution in [0.2, 0.25) is 0 Å². The van der Waals surface area contributed by atoms with E-state index in [0.29, 0.717) is 16.9 Å². The monoisotopic (exact) mass is 401 g/mol. The minimum atomic E-state index is -0.746. The number of methoxy groups -OCH3 is 1. The van der Waals surface area contributed by atoms with Crippen LogP contribution in [-0.2, 0) is 16.1 Å². The van der Waals surface area contributed by atoms with Gasteiger partial charge in [-0.15, -0.1) is 0 Å². The molecule has 1 aliphatic heterocycles. The maximum absolute atomic E-state index is 13.0. The lowest BCUT2D eigenvalue weighted by Crippen LogP contribution is -2.29. The molecule has 1 aromatic carbocycles. The van der Waals surface area contributed by atoms with E-state index in [1.54, 1.807) is 62.0 Å². The van der Waals surface area contributed by atoms with Crippen LogP contribution in [0.15, 0.2) is 78.9 Å². The number of nitrogens with zero attached hydrogens (tertiary/aromatic N) is 3. The number of ether oxygens (including phenoxy) is 1. The van der Waals surface area contributed by atoms with Gasteiger partial charge in [0.25, 0.3) is 11.7 Å². The van der Waals surface area contributed by atoms with Crippen LogP contribution in [0.1, 0.15) is 22.7 Å². The molecule has 0 radical (unpaired) electrons. The number of rotatable bonds is 5. The smallest absolute Gasteiger partial charge is 0.295 e. The number of aliphatic hydroxyl groups is 1. The molecule has 3 aromatic rings. The van der Waals surface area contributed by atoms with E-state index in [1.807, 2.05) is 6.07 Å². The first-order chi connectivity index (χ1) is 14.6. The Bertz CT molecular complexity index is 1100. The summed E-state index contributed by atoms with van der Waals surface area (Å²) in [4.78, 5) is 35.4. The van der Waals surface area contributed by atoms with Gasteiger partial charge in [0, 0.05) is 36.9 Å². The highest BCUT2D eigenvalue weighted by atomic mass is 16.5. The van der Waals surface area contributed by atoms with Crippen molar-refractivity contribution in [3.63, 3.8) is 0 Å². The van der Waals surface area contributed by atoms with Crippen molar-refractivity contribution in [2.45, 2.75) is 12.6 Å². The molecule has 150 valence electrons. The molecule has 1 aliphatic rings. The summed E-state index contributed by atoms with van der Waals surface area (Å²) in [5.74, 6) is -0.980. The zero-order chi connectivity index (χ0) is 21.1. The van der Waals surface area contributed by atoms with Crippen LogP contribution in [-0.4, -0.2) is 38.8 Å². The van der Waals surface area contributed by atoms with Crippen molar-refractivity contribution in [1.82, 2.24) is 14.9 Å². The lowest BCUT2D eigenvalue weighted by atomic mass is 9.95. The van der Waals surface area contributed by atoms with Gasteiger partial charge in [0.2, 0.25) is 0 Å². The number of aromatic nitrogens is 2. The zero-order valence-corrected chi connectivity index (χ0v) is 16.2. The lowest BCUT2D eigenvalue weighted by molar-refractivity contribution is -0.140. The molecule has 0 aliphatic carbocycles. The van der Waals surface area contributed by atoms with E-state index < -0.39 is 17.7 Å². The Morgan fingerprint density at radius 1 is 1.03 bits per heavy atom. The Balaban J connectivity index is 1.85. The fraction of sp³-hybridized carbons (Fsp3) is 0.130. The SMILES string of the molecule is COc1ccc(C2/C(=C(\O)c3ccncc3)C(=O)C(=O)N2Cc2cccnc2)cc1. The molecule has 3 heterocycles. The van der Waals surface area contributed by atoms with Gasteiger partial charge in [-0.05, 0) is 41.5 Å². The minimum Gasteiger partial charge on any atom is -0.507 e. The van der Waals surface area contributed by atoms with Crippen LogP contribution in [0.4, 0.5) is 0 Å². The molecule has 7 heteroatoms. The van der Waals surface area contributed by atoms with E-state index in [-0.39, 0.29) is 17.9 Å². The van der Waals surface area contributed by atoms with E-state index in [9.17, 15) is 14.7 Å². The van der Waals surface area contributed by atoms with Gasteiger partial charge in [-0.1, -0.05) is 18.2 Å². The number of aliphatic hydroxyl groups excluding tert-OH is 1. The number of benzene rings is 1. The Kier molecular flexibility index (Phi) is 5.26. The third-order valence-electron chi connectivity index (χ3n) is 5.00. The first-order valence-corrected chi connectivity index (χ1v) is 9.32. The Hall–Kier alpha value is -4.00. The van der Waals surface area contributed by atoms with Crippen molar-refractivity contribution in [2.75, 3.05) is 7.11 Å². The van der Waals surface area contributed by atoms with Crippen LogP contribution in [0.5, 0.6) is 5.75 Å². The third kappa shape index (κ3) is 3.53. The van der Waals surface area contributed by atoms with Crippen molar-refractivity contribution < 1.29 is 19.4 Å². The predicted octanol–water partition coefficient (Wildman–Crippen LogP) is 3.11. The third-order valence-corrected chi connectivity index (χ3v) is 5.00. The number of carbonyl (C=O) groups is 2. The molecule has 0 spiro atoms. The van der Waals surface area contributed by atoms with Crippen molar-refractivity contribution in [3.8, 4) is 5.75 Å². The maximum atomic E-state index is 13.0. The topological polar surface area (TPSA) is 92.6 Å².